The fourth-order valence-electron chi connectivity index (χ4n) is 1.48. The number of esters is 1. The second-order valence-corrected chi connectivity index (χ2v) is 4.21. The van der Waals surface area contributed by atoms with Crippen LogP contribution >= 0.6 is 11.6 Å². The van der Waals surface area contributed by atoms with Gasteiger partial charge in [-0.1, -0.05) is 11.6 Å². The van der Waals surface area contributed by atoms with Crippen LogP contribution in [-0.2, 0) is 9.47 Å². The highest BCUT2D eigenvalue weighted by Gasteiger charge is 2.15. The second kappa shape index (κ2) is 6.56. The van der Waals surface area contributed by atoms with E-state index in [0.29, 0.717) is 6.61 Å². The smallest absolute Gasteiger partial charge is 0.338 e. The molecule has 1 atom stereocenters. The number of benzene rings is 1. The normalized spacial score (nSPS) is 12.1. The average molecular weight is 276 g/mol. The summed E-state index contributed by atoms with van der Waals surface area (Å²) in [5, 5.41) is 3.00. The van der Waals surface area contributed by atoms with Gasteiger partial charge in [0.2, 0.25) is 0 Å². The Morgan fingerprint density at radius 3 is 2.67 bits per heavy atom. The molecule has 0 fully saturated rings. The molecule has 6 heteroatoms. The monoisotopic (exact) mass is 275 g/mol. The minimum atomic E-state index is -0.632. The molecule has 0 radical (unpaired) electrons. The minimum absolute atomic E-state index is 0.0740. The molecule has 0 amide bonds. The van der Waals surface area contributed by atoms with Crippen LogP contribution in [0.1, 0.15) is 17.3 Å². The van der Waals surface area contributed by atoms with Gasteiger partial charge in [-0.25, -0.2) is 9.18 Å². The molecule has 0 saturated heterocycles. The zero-order chi connectivity index (χ0) is 13.7. The zero-order valence-corrected chi connectivity index (χ0v) is 11.2. The van der Waals surface area contributed by atoms with Gasteiger partial charge in [-0.3, -0.25) is 0 Å². The van der Waals surface area contributed by atoms with Gasteiger partial charge in [-0.05, 0) is 19.1 Å². The first-order valence-corrected chi connectivity index (χ1v) is 5.70. The zero-order valence-electron chi connectivity index (χ0n) is 10.4. The van der Waals surface area contributed by atoms with Crippen molar-refractivity contribution in [3.05, 3.63) is 28.5 Å². The molecule has 0 aliphatic rings. The lowest BCUT2D eigenvalue weighted by atomic mass is 10.2. The first kappa shape index (κ1) is 14.7. The van der Waals surface area contributed by atoms with Crippen LogP contribution in [0.2, 0.25) is 5.02 Å². The van der Waals surface area contributed by atoms with E-state index in [2.05, 4.69) is 10.1 Å². The molecule has 0 bridgehead atoms. The Kier molecular flexibility index (Phi) is 5.37. The Labute approximate surface area is 110 Å². The second-order valence-electron chi connectivity index (χ2n) is 3.81. The molecule has 0 heterocycles. The van der Waals surface area contributed by atoms with E-state index in [1.807, 2.05) is 6.92 Å². The molecule has 18 heavy (non-hydrogen) atoms. The van der Waals surface area contributed by atoms with Crippen LogP contribution in [-0.4, -0.2) is 32.8 Å². The third kappa shape index (κ3) is 3.58. The van der Waals surface area contributed by atoms with Crippen molar-refractivity contribution in [2.45, 2.75) is 13.0 Å². The van der Waals surface area contributed by atoms with Crippen LogP contribution in [0.3, 0.4) is 0 Å². The molecule has 1 aromatic carbocycles. The molecule has 100 valence electrons. The molecule has 0 aliphatic carbocycles. The Hall–Kier alpha value is -1.33. The van der Waals surface area contributed by atoms with Gasteiger partial charge < -0.3 is 14.8 Å². The number of nitrogens with one attached hydrogen (secondary N) is 1. The van der Waals surface area contributed by atoms with Crippen molar-refractivity contribution in [1.29, 1.82) is 0 Å². The Morgan fingerprint density at radius 1 is 1.50 bits per heavy atom. The van der Waals surface area contributed by atoms with Crippen LogP contribution in [0, 0.1) is 5.82 Å². The van der Waals surface area contributed by atoms with Gasteiger partial charge in [0.15, 0.2) is 0 Å². The SMILES string of the molecule is COCC(C)Nc1c(F)cc(C(=O)OC)cc1Cl. The van der Waals surface area contributed by atoms with Crippen molar-refractivity contribution in [3.8, 4) is 0 Å². The summed E-state index contributed by atoms with van der Waals surface area (Å²) in [6.45, 7) is 2.24. The number of carbonyl (C=O) groups is 1. The van der Waals surface area contributed by atoms with E-state index in [0.717, 1.165) is 6.07 Å². The number of methoxy groups -OCH3 is 2. The summed E-state index contributed by atoms with van der Waals surface area (Å²) in [4.78, 5) is 11.3. The molecule has 1 aromatic rings. The van der Waals surface area contributed by atoms with Crippen molar-refractivity contribution >= 4 is 23.3 Å². The maximum Gasteiger partial charge on any atom is 0.338 e. The topological polar surface area (TPSA) is 47.6 Å². The largest absolute Gasteiger partial charge is 0.465 e. The van der Waals surface area contributed by atoms with Crippen molar-refractivity contribution < 1.29 is 18.7 Å². The first-order chi connectivity index (χ1) is 8.49. The quantitative estimate of drug-likeness (QED) is 0.840. The third-order valence-electron chi connectivity index (χ3n) is 2.27. The summed E-state index contributed by atoms with van der Waals surface area (Å²) in [6.07, 6.45) is 0. The lowest BCUT2D eigenvalue weighted by molar-refractivity contribution is 0.0600. The summed E-state index contributed by atoms with van der Waals surface area (Å²) < 4.78 is 23.2. The van der Waals surface area contributed by atoms with Gasteiger partial charge in [-0.15, -0.1) is 0 Å². The molecule has 1 unspecified atom stereocenters. The fraction of sp³-hybridized carbons (Fsp3) is 0.417. The maximum atomic E-state index is 13.8. The summed E-state index contributed by atoms with van der Waals surface area (Å²) in [5.41, 5.74) is 0.221. The Morgan fingerprint density at radius 2 is 2.17 bits per heavy atom. The summed E-state index contributed by atoms with van der Waals surface area (Å²) in [5.74, 6) is -1.24. The summed E-state index contributed by atoms with van der Waals surface area (Å²) >= 11 is 5.93. The number of halogens is 2. The Balaban J connectivity index is 2.97. The van der Waals surface area contributed by atoms with E-state index >= 15 is 0 Å². The number of ether oxygens (including phenoxy) is 2. The van der Waals surface area contributed by atoms with E-state index in [4.69, 9.17) is 16.3 Å². The van der Waals surface area contributed by atoms with Crippen molar-refractivity contribution in [3.63, 3.8) is 0 Å². The highest BCUT2D eigenvalue weighted by atomic mass is 35.5. The summed E-state index contributed by atoms with van der Waals surface area (Å²) in [6, 6.07) is 2.34. The van der Waals surface area contributed by atoms with Crippen LogP contribution in [0.4, 0.5) is 10.1 Å². The minimum Gasteiger partial charge on any atom is -0.465 e. The van der Waals surface area contributed by atoms with E-state index < -0.39 is 11.8 Å². The lowest BCUT2D eigenvalue weighted by Crippen LogP contribution is -2.22. The van der Waals surface area contributed by atoms with Crippen LogP contribution in [0.15, 0.2) is 12.1 Å². The van der Waals surface area contributed by atoms with Crippen molar-refractivity contribution in [2.75, 3.05) is 26.1 Å². The average Bonchev–Trinajstić information content (AvgIpc) is 2.32. The van der Waals surface area contributed by atoms with Gasteiger partial charge in [0, 0.05) is 13.2 Å². The van der Waals surface area contributed by atoms with Gasteiger partial charge >= 0.3 is 5.97 Å². The first-order valence-electron chi connectivity index (χ1n) is 5.32. The predicted molar refractivity (Wildman–Crippen MR) is 67.7 cm³/mol. The molecular formula is C12H15ClFNO3. The van der Waals surface area contributed by atoms with Gasteiger partial charge in [0.1, 0.15) is 5.82 Å². The van der Waals surface area contributed by atoms with Gasteiger partial charge in [0.05, 0.1) is 30.0 Å². The third-order valence-corrected chi connectivity index (χ3v) is 2.57. The number of carbonyl (C=O) groups excluding carboxylic acids is 1. The number of anilines is 1. The highest BCUT2D eigenvalue weighted by molar-refractivity contribution is 6.33. The standard InChI is InChI=1S/C12H15ClFNO3/c1-7(6-17-2)15-11-9(13)4-8(5-10(11)14)12(16)18-3/h4-5,7,15H,6H2,1-3H3. The predicted octanol–water partition coefficient (Wildman–Crippen LogP) is 2.71. The van der Waals surface area contributed by atoms with Crippen LogP contribution in [0.5, 0.6) is 0 Å². The van der Waals surface area contributed by atoms with Gasteiger partial charge in [0.25, 0.3) is 0 Å². The number of hydrogen-bond donors (Lipinski definition) is 1. The molecular weight excluding hydrogens is 261 g/mol. The number of hydrogen-bond acceptors (Lipinski definition) is 4. The highest BCUT2D eigenvalue weighted by Crippen LogP contribution is 2.27. The van der Waals surface area contributed by atoms with Crippen molar-refractivity contribution in [1.82, 2.24) is 0 Å². The molecule has 1 rings (SSSR count). The molecule has 0 spiro atoms. The summed E-state index contributed by atoms with van der Waals surface area (Å²) in [7, 11) is 2.78. The maximum absolute atomic E-state index is 13.8. The van der Waals surface area contributed by atoms with Crippen molar-refractivity contribution in [2.24, 2.45) is 0 Å². The van der Waals surface area contributed by atoms with Gasteiger partial charge in [-0.2, -0.15) is 0 Å². The molecule has 0 aliphatic heterocycles. The molecule has 0 saturated carbocycles. The molecule has 1 N–H and O–H groups in total. The lowest BCUT2D eigenvalue weighted by Gasteiger charge is -2.16. The van der Waals surface area contributed by atoms with Crippen LogP contribution in [0.25, 0.3) is 0 Å². The van der Waals surface area contributed by atoms with E-state index in [1.165, 1.54) is 13.2 Å². The Bertz CT molecular complexity index is 416. The molecule has 4 nitrogen and oxygen atoms in total. The fourth-order valence-corrected chi connectivity index (χ4v) is 1.75. The molecule has 0 aromatic heterocycles. The van der Waals surface area contributed by atoms with E-state index in [1.54, 1.807) is 7.11 Å². The number of rotatable bonds is 5. The van der Waals surface area contributed by atoms with Crippen LogP contribution < -0.4 is 5.32 Å². The van der Waals surface area contributed by atoms with E-state index in [-0.39, 0.29) is 22.3 Å². The van der Waals surface area contributed by atoms with E-state index in [9.17, 15) is 9.18 Å².